The normalized spacial score (nSPS) is 13.6. The standard InChI is InChI=1S/C48H89NO5/c1-4-7-10-13-16-19-20-21-22-23-24-25-26-29-32-35-38-41-48(53)54-44(39-36-33-30-27-17-14-11-8-5-2)42-47(52)49-45(43-50)46(51)40-37-34-31-28-18-15-12-9-6-3/h14,16-17,19,21-22,44-46,50-51H,4-13,15,18,20,23-43H2,1-3H3,(H,49,52)/b17-14-,19-16-,22-21-. The summed E-state index contributed by atoms with van der Waals surface area (Å²) in [7, 11) is 0. The number of ether oxygens (including phenoxy) is 1. The number of esters is 1. The molecule has 3 atom stereocenters. The Morgan fingerprint density at radius 2 is 0.963 bits per heavy atom. The lowest BCUT2D eigenvalue weighted by Gasteiger charge is -2.24. The van der Waals surface area contributed by atoms with Crippen molar-refractivity contribution in [2.45, 2.75) is 251 Å². The number of unbranched alkanes of at least 4 members (excludes halogenated alkanes) is 23. The molecule has 316 valence electrons. The largest absolute Gasteiger partial charge is 0.462 e. The number of rotatable bonds is 41. The van der Waals surface area contributed by atoms with Crippen LogP contribution in [0.25, 0.3) is 0 Å². The number of aliphatic hydroxyl groups excluding tert-OH is 2. The van der Waals surface area contributed by atoms with E-state index in [1.807, 2.05) is 0 Å². The average Bonchev–Trinajstić information content (AvgIpc) is 3.16. The van der Waals surface area contributed by atoms with E-state index >= 15 is 0 Å². The van der Waals surface area contributed by atoms with Crippen LogP contribution in [0.1, 0.15) is 233 Å². The summed E-state index contributed by atoms with van der Waals surface area (Å²) >= 11 is 0. The molecule has 0 fully saturated rings. The van der Waals surface area contributed by atoms with Gasteiger partial charge in [0.2, 0.25) is 5.91 Å². The number of allylic oxidation sites excluding steroid dienone is 6. The van der Waals surface area contributed by atoms with Crippen molar-refractivity contribution in [3.8, 4) is 0 Å². The lowest BCUT2D eigenvalue weighted by Crippen LogP contribution is -2.46. The molecule has 0 spiro atoms. The molecule has 3 N–H and O–H groups in total. The first kappa shape index (κ1) is 52.1. The summed E-state index contributed by atoms with van der Waals surface area (Å²) in [5.74, 6) is -0.500. The van der Waals surface area contributed by atoms with Gasteiger partial charge in [-0.25, -0.2) is 0 Å². The van der Waals surface area contributed by atoms with Crippen LogP contribution < -0.4 is 5.32 Å². The van der Waals surface area contributed by atoms with Crippen molar-refractivity contribution in [1.82, 2.24) is 5.32 Å². The van der Waals surface area contributed by atoms with Crippen molar-refractivity contribution in [3.63, 3.8) is 0 Å². The Kier molecular flexibility index (Phi) is 40.7. The highest BCUT2D eigenvalue weighted by atomic mass is 16.5. The van der Waals surface area contributed by atoms with Gasteiger partial charge in [0.15, 0.2) is 0 Å². The topological polar surface area (TPSA) is 95.9 Å². The fraction of sp³-hybridized carbons (Fsp3) is 0.833. The SMILES string of the molecule is CCCC/C=C\CCCCCC(CC(=O)NC(CO)C(O)CCCCCCCCCCC)OC(=O)CCCCCCCCC/C=C\C/C=C\CCCCC. The van der Waals surface area contributed by atoms with Crippen molar-refractivity contribution in [2.24, 2.45) is 0 Å². The van der Waals surface area contributed by atoms with E-state index < -0.39 is 18.2 Å². The molecule has 0 aliphatic carbocycles. The zero-order chi connectivity index (χ0) is 39.6. The third-order valence-corrected chi connectivity index (χ3v) is 10.4. The average molecular weight is 760 g/mol. The predicted octanol–water partition coefficient (Wildman–Crippen LogP) is 13.3. The molecule has 0 aromatic heterocycles. The van der Waals surface area contributed by atoms with Crippen LogP contribution in [0, 0.1) is 0 Å². The summed E-state index contributed by atoms with van der Waals surface area (Å²) in [6.45, 7) is 6.38. The van der Waals surface area contributed by atoms with E-state index in [4.69, 9.17) is 4.74 Å². The van der Waals surface area contributed by atoms with Crippen molar-refractivity contribution >= 4 is 11.9 Å². The molecular formula is C48H89NO5. The van der Waals surface area contributed by atoms with Crippen LogP contribution in [-0.2, 0) is 14.3 Å². The van der Waals surface area contributed by atoms with E-state index in [0.717, 1.165) is 83.5 Å². The van der Waals surface area contributed by atoms with Crippen LogP contribution >= 0.6 is 0 Å². The number of nitrogens with one attached hydrogen (secondary N) is 1. The Hall–Kier alpha value is -1.92. The van der Waals surface area contributed by atoms with Crippen LogP contribution in [0.5, 0.6) is 0 Å². The lowest BCUT2D eigenvalue weighted by molar-refractivity contribution is -0.151. The van der Waals surface area contributed by atoms with Gasteiger partial charge in [0, 0.05) is 6.42 Å². The molecule has 54 heavy (non-hydrogen) atoms. The van der Waals surface area contributed by atoms with Gasteiger partial charge in [-0.3, -0.25) is 9.59 Å². The lowest BCUT2D eigenvalue weighted by atomic mass is 10.0. The summed E-state index contributed by atoms with van der Waals surface area (Å²) in [5.41, 5.74) is 0. The highest BCUT2D eigenvalue weighted by molar-refractivity contribution is 5.77. The number of carbonyl (C=O) groups is 2. The zero-order valence-corrected chi connectivity index (χ0v) is 35.9. The summed E-state index contributed by atoms with van der Waals surface area (Å²) in [5, 5.41) is 23.5. The number of aliphatic hydroxyl groups is 2. The maximum atomic E-state index is 13.1. The van der Waals surface area contributed by atoms with Gasteiger partial charge >= 0.3 is 5.97 Å². The molecule has 0 aliphatic rings. The van der Waals surface area contributed by atoms with Crippen LogP contribution in [0.2, 0.25) is 0 Å². The van der Waals surface area contributed by atoms with Crippen LogP contribution in [-0.4, -0.2) is 46.9 Å². The van der Waals surface area contributed by atoms with Gasteiger partial charge in [0.1, 0.15) is 6.10 Å². The van der Waals surface area contributed by atoms with Gasteiger partial charge in [-0.05, 0) is 77.0 Å². The molecule has 6 heteroatoms. The molecule has 0 saturated carbocycles. The number of amides is 1. The molecule has 0 saturated heterocycles. The van der Waals surface area contributed by atoms with E-state index in [0.29, 0.717) is 19.3 Å². The van der Waals surface area contributed by atoms with Gasteiger partial charge in [0.05, 0.1) is 25.2 Å². The van der Waals surface area contributed by atoms with E-state index in [-0.39, 0.29) is 24.9 Å². The fourth-order valence-electron chi connectivity index (χ4n) is 6.85. The molecule has 0 aromatic rings. The molecule has 0 aliphatic heterocycles. The molecule has 0 rings (SSSR count). The highest BCUT2D eigenvalue weighted by Crippen LogP contribution is 2.17. The third kappa shape index (κ3) is 37.0. The molecule has 3 unspecified atom stereocenters. The first-order valence-electron chi connectivity index (χ1n) is 23.2. The minimum atomic E-state index is -0.788. The number of carbonyl (C=O) groups excluding carboxylic acids is 2. The molecule has 0 bridgehead atoms. The highest BCUT2D eigenvalue weighted by Gasteiger charge is 2.24. The summed E-state index contributed by atoms with van der Waals surface area (Å²) in [4.78, 5) is 25.9. The van der Waals surface area contributed by atoms with Gasteiger partial charge < -0.3 is 20.3 Å². The molecule has 0 radical (unpaired) electrons. The molecule has 0 aromatic carbocycles. The first-order chi connectivity index (χ1) is 26.5. The van der Waals surface area contributed by atoms with Crippen LogP contribution in [0.3, 0.4) is 0 Å². The molecule has 1 amide bonds. The monoisotopic (exact) mass is 760 g/mol. The number of hydrogen-bond donors (Lipinski definition) is 3. The van der Waals surface area contributed by atoms with Crippen LogP contribution in [0.15, 0.2) is 36.5 Å². The van der Waals surface area contributed by atoms with Crippen molar-refractivity contribution in [2.75, 3.05) is 6.61 Å². The fourth-order valence-corrected chi connectivity index (χ4v) is 6.85. The van der Waals surface area contributed by atoms with E-state index in [1.165, 1.54) is 103 Å². The Balaban J connectivity index is 4.50. The smallest absolute Gasteiger partial charge is 0.306 e. The Morgan fingerprint density at radius 3 is 1.54 bits per heavy atom. The predicted molar refractivity (Wildman–Crippen MR) is 232 cm³/mol. The van der Waals surface area contributed by atoms with Crippen LogP contribution in [0.4, 0.5) is 0 Å². The second kappa shape index (κ2) is 42.2. The van der Waals surface area contributed by atoms with Gasteiger partial charge in [-0.1, -0.05) is 179 Å². The Morgan fingerprint density at radius 1 is 0.537 bits per heavy atom. The third-order valence-electron chi connectivity index (χ3n) is 10.4. The van der Waals surface area contributed by atoms with E-state index in [1.54, 1.807) is 0 Å². The van der Waals surface area contributed by atoms with E-state index in [9.17, 15) is 19.8 Å². The van der Waals surface area contributed by atoms with Crippen molar-refractivity contribution in [1.29, 1.82) is 0 Å². The summed E-state index contributed by atoms with van der Waals surface area (Å²) < 4.78 is 5.88. The summed E-state index contributed by atoms with van der Waals surface area (Å²) in [6, 6.07) is -0.703. The summed E-state index contributed by atoms with van der Waals surface area (Å²) in [6.07, 6.45) is 47.8. The Labute approximate surface area is 334 Å². The second-order valence-electron chi connectivity index (χ2n) is 15.8. The maximum Gasteiger partial charge on any atom is 0.306 e. The first-order valence-corrected chi connectivity index (χ1v) is 23.2. The second-order valence-corrected chi connectivity index (χ2v) is 15.8. The van der Waals surface area contributed by atoms with Crippen molar-refractivity contribution in [3.05, 3.63) is 36.5 Å². The maximum absolute atomic E-state index is 13.1. The molecular weight excluding hydrogens is 671 g/mol. The Bertz CT molecular complexity index is 900. The zero-order valence-electron chi connectivity index (χ0n) is 35.9. The van der Waals surface area contributed by atoms with Gasteiger partial charge in [-0.15, -0.1) is 0 Å². The number of hydrogen-bond acceptors (Lipinski definition) is 5. The minimum Gasteiger partial charge on any atom is -0.462 e. The van der Waals surface area contributed by atoms with Crippen molar-refractivity contribution < 1.29 is 24.5 Å². The van der Waals surface area contributed by atoms with Gasteiger partial charge in [-0.2, -0.15) is 0 Å². The molecule has 0 heterocycles. The minimum absolute atomic E-state index is 0.0643. The molecule has 6 nitrogen and oxygen atoms in total. The van der Waals surface area contributed by atoms with Gasteiger partial charge in [0.25, 0.3) is 0 Å². The van der Waals surface area contributed by atoms with E-state index in [2.05, 4.69) is 62.5 Å². The quantitative estimate of drug-likeness (QED) is 0.0328.